The van der Waals surface area contributed by atoms with Crippen molar-refractivity contribution in [2.24, 2.45) is 0 Å². The molecule has 0 aliphatic heterocycles. The Morgan fingerprint density at radius 2 is 1.43 bits per heavy atom. The first-order chi connectivity index (χ1) is 13.5. The van der Waals surface area contributed by atoms with Gasteiger partial charge in [0, 0.05) is 12.2 Å². The van der Waals surface area contributed by atoms with Crippen molar-refractivity contribution in [1.82, 2.24) is 4.72 Å². The fourth-order valence-corrected chi connectivity index (χ4v) is 3.46. The Morgan fingerprint density at radius 1 is 0.821 bits per heavy atom. The first-order valence-electron chi connectivity index (χ1n) is 8.64. The summed E-state index contributed by atoms with van der Waals surface area (Å²) in [5.41, 5.74) is 1.55. The van der Waals surface area contributed by atoms with E-state index in [0.717, 1.165) is 5.56 Å². The molecule has 2 N–H and O–H groups in total. The van der Waals surface area contributed by atoms with Crippen LogP contribution in [-0.2, 0) is 21.4 Å². The molecule has 3 aromatic carbocycles. The lowest BCUT2D eigenvalue weighted by molar-refractivity contribution is -0.118. The number of carbonyl (C=O) groups excluding carboxylic acids is 1. The van der Waals surface area contributed by atoms with Crippen molar-refractivity contribution >= 4 is 21.6 Å². The van der Waals surface area contributed by atoms with Gasteiger partial charge in [0.15, 0.2) is 6.61 Å². The molecule has 3 aromatic rings. The Balaban J connectivity index is 1.53. The van der Waals surface area contributed by atoms with Crippen LogP contribution in [0.3, 0.4) is 0 Å². The second-order valence-corrected chi connectivity index (χ2v) is 7.75. The first-order valence-corrected chi connectivity index (χ1v) is 10.1. The zero-order valence-electron chi connectivity index (χ0n) is 15.0. The normalized spacial score (nSPS) is 11.0. The van der Waals surface area contributed by atoms with Crippen molar-refractivity contribution < 1.29 is 17.9 Å². The summed E-state index contributed by atoms with van der Waals surface area (Å²) in [5, 5.41) is 2.71. The van der Waals surface area contributed by atoms with Crippen molar-refractivity contribution in [3.05, 3.63) is 90.5 Å². The van der Waals surface area contributed by atoms with Gasteiger partial charge in [-0.3, -0.25) is 4.79 Å². The average molecular weight is 396 g/mol. The highest BCUT2D eigenvalue weighted by Crippen LogP contribution is 2.16. The maximum atomic E-state index is 12.4. The van der Waals surface area contributed by atoms with Crippen LogP contribution in [0, 0.1) is 0 Å². The predicted molar refractivity (Wildman–Crippen MR) is 107 cm³/mol. The van der Waals surface area contributed by atoms with Gasteiger partial charge in [-0.05, 0) is 42.0 Å². The topological polar surface area (TPSA) is 84.5 Å². The van der Waals surface area contributed by atoms with Gasteiger partial charge < -0.3 is 10.1 Å². The lowest BCUT2D eigenvalue weighted by Gasteiger charge is -2.09. The standard InChI is InChI=1S/C21H20N2O4S/c24-21(23-18-9-5-2-6-10-18)16-27-19-11-13-20(14-12-19)28(25,26)22-15-17-7-3-1-4-8-17/h1-14,22H,15-16H2,(H,23,24). The molecule has 3 rings (SSSR count). The Labute approximate surface area is 164 Å². The Bertz CT molecular complexity index is 1010. The van der Waals surface area contributed by atoms with E-state index < -0.39 is 10.0 Å². The Morgan fingerprint density at radius 3 is 2.07 bits per heavy atom. The largest absolute Gasteiger partial charge is 0.484 e. The second kappa shape index (κ2) is 9.16. The van der Waals surface area contributed by atoms with Crippen molar-refractivity contribution in [2.45, 2.75) is 11.4 Å². The molecule has 0 radical (unpaired) electrons. The summed E-state index contributed by atoms with van der Waals surface area (Å²) in [4.78, 5) is 12.0. The minimum absolute atomic E-state index is 0.129. The van der Waals surface area contributed by atoms with E-state index in [-0.39, 0.29) is 24.0 Å². The summed E-state index contributed by atoms with van der Waals surface area (Å²) in [6.07, 6.45) is 0. The summed E-state index contributed by atoms with van der Waals surface area (Å²) in [6, 6.07) is 24.2. The van der Waals surface area contributed by atoms with Gasteiger partial charge in [0.05, 0.1) is 4.90 Å². The van der Waals surface area contributed by atoms with E-state index in [1.807, 2.05) is 48.5 Å². The molecule has 28 heavy (non-hydrogen) atoms. The molecule has 0 atom stereocenters. The molecule has 6 nitrogen and oxygen atoms in total. The predicted octanol–water partition coefficient (Wildman–Crippen LogP) is 3.18. The van der Waals surface area contributed by atoms with Crippen LogP contribution in [-0.4, -0.2) is 20.9 Å². The zero-order chi connectivity index (χ0) is 19.8. The van der Waals surface area contributed by atoms with Crippen LogP contribution >= 0.6 is 0 Å². The highest BCUT2D eigenvalue weighted by atomic mass is 32.2. The van der Waals surface area contributed by atoms with Crippen LogP contribution in [0.2, 0.25) is 0 Å². The summed E-state index contributed by atoms with van der Waals surface area (Å²) < 4.78 is 32.7. The van der Waals surface area contributed by atoms with Gasteiger partial charge in [-0.2, -0.15) is 0 Å². The van der Waals surface area contributed by atoms with Crippen molar-refractivity contribution in [3.8, 4) is 5.75 Å². The molecule has 0 bridgehead atoms. The molecule has 0 saturated carbocycles. The van der Waals surface area contributed by atoms with Crippen LogP contribution in [0.5, 0.6) is 5.75 Å². The molecule has 0 aromatic heterocycles. The smallest absolute Gasteiger partial charge is 0.262 e. The van der Waals surface area contributed by atoms with Gasteiger partial charge in [-0.15, -0.1) is 0 Å². The quantitative estimate of drug-likeness (QED) is 0.612. The molecule has 0 aliphatic rings. The molecule has 0 saturated heterocycles. The molecule has 144 valence electrons. The molecular formula is C21H20N2O4S. The van der Waals surface area contributed by atoms with E-state index in [4.69, 9.17) is 4.74 Å². The van der Waals surface area contributed by atoms with Crippen LogP contribution in [0.25, 0.3) is 0 Å². The number of rotatable bonds is 8. The molecule has 0 spiro atoms. The van der Waals surface area contributed by atoms with Gasteiger partial charge in [0.25, 0.3) is 5.91 Å². The number of para-hydroxylation sites is 1. The molecular weight excluding hydrogens is 376 g/mol. The maximum absolute atomic E-state index is 12.4. The highest BCUT2D eigenvalue weighted by molar-refractivity contribution is 7.89. The van der Waals surface area contributed by atoms with Gasteiger partial charge in [0.2, 0.25) is 10.0 Å². The van der Waals surface area contributed by atoms with E-state index in [0.29, 0.717) is 11.4 Å². The van der Waals surface area contributed by atoms with Crippen LogP contribution in [0.1, 0.15) is 5.56 Å². The number of hydrogen-bond donors (Lipinski definition) is 2. The van der Waals surface area contributed by atoms with E-state index >= 15 is 0 Å². The van der Waals surface area contributed by atoms with E-state index in [1.54, 1.807) is 12.1 Å². The summed E-state index contributed by atoms with van der Waals surface area (Å²) in [6.45, 7) is 0.0360. The fraction of sp³-hybridized carbons (Fsp3) is 0.0952. The van der Waals surface area contributed by atoms with Crippen molar-refractivity contribution in [1.29, 1.82) is 0 Å². The molecule has 0 aliphatic carbocycles. The third-order valence-corrected chi connectivity index (χ3v) is 5.29. The summed E-state index contributed by atoms with van der Waals surface area (Å²) in [7, 11) is -3.63. The average Bonchev–Trinajstić information content (AvgIpc) is 2.73. The summed E-state index contributed by atoms with van der Waals surface area (Å²) in [5.74, 6) is 0.109. The molecule has 7 heteroatoms. The number of carbonyl (C=O) groups is 1. The maximum Gasteiger partial charge on any atom is 0.262 e. The van der Waals surface area contributed by atoms with E-state index in [9.17, 15) is 13.2 Å². The number of nitrogens with one attached hydrogen (secondary N) is 2. The minimum atomic E-state index is -3.63. The number of anilines is 1. The Hall–Kier alpha value is -3.16. The zero-order valence-corrected chi connectivity index (χ0v) is 15.9. The molecule has 0 unspecified atom stereocenters. The van der Waals surface area contributed by atoms with Crippen LogP contribution in [0.4, 0.5) is 5.69 Å². The minimum Gasteiger partial charge on any atom is -0.484 e. The number of benzene rings is 3. The third-order valence-electron chi connectivity index (χ3n) is 3.87. The first kappa shape index (κ1) is 19.6. The van der Waals surface area contributed by atoms with Gasteiger partial charge in [-0.25, -0.2) is 13.1 Å². The van der Waals surface area contributed by atoms with Crippen LogP contribution in [0.15, 0.2) is 89.8 Å². The second-order valence-electron chi connectivity index (χ2n) is 5.98. The fourth-order valence-electron chi connectivity index (χ4n) is 2.44. The van der Waals surface area contributed by atoms with Gasteiger partial charge in [-0.1, -0.05) is 48.5 Å². The molecule has 0 heterocycles. The third kappa shape index (κ3) is 5.67. The number of sulfonamides is 1. The van der Waals surface area contributed by atoms with E-state index in [1.165, 1.54) is 24.3 Å². The number of amides is 1. The van der Waals surface area contributed by atoms with Gasteiger partial charge in [0.1, 0.15) is 5.75 Å². The monoisotopic (exact) mass is 396 g/mol. The summed E-state index contributed by atoms with van der Waals surface area (Å²) >= 11 is 0. The molecule has 1 amide bonds. The SMILES string of the molecule is O=C(COc1ccc(S(=O)(=O)NCc2ccccc2)cc1)Nc1ccccc1. The van der Waals surface area contributed by atoms with E-state index in [2.05, 4.69) is 10.0 Å². The van der Waals surface area contributed by atoms with Crippen molar-refractivity contribution in [3.63, 3.8) is 0 Å². The van der Waals surface area contributed by atoms with Gasteiger partial charge >= 0.3 is 0 Å². The Kier molecular flexibility index (Phi) is 6.41. The highest BCUT2D eigenvalue weighted by Gasteiger charge is 2.14. The number of ether oxygens (including phenoxy) is 1. The van der Waals surface area contributed by atoms with Crippen LogP contribution < -0.4 is 14.8 Å². The molecule has 0 fully saturated rings. The van der Waals surface area contributed by atoms with Crippen molar-refractivity contribution in [2.75, 3.05) is 11.9 Å². The lowest BCUT2D eigenvalue weighted by atomic mass is 10.2. The number of hydrogen-bond acceptors (Lipinski definition) is 4. The lowest BCUT2D eigenvalue weighted by Crippen LogP contribution is -2.23.